The fraction of sp³-hybridized carbons (Fsp3) is 0.222. The predicted molar refractivity (Wildman–Crippen MR) is 101 cm³/mol. The molecule has 0 spiro atoms. The van der Waals surface area contributed by atoms with E-state index in [1.165, 1.54) is 16.8 Å². The highest BCUT2D eigenvalue weighted by Gasteiger charge is 2.29. The highest BCUT2D eigenvalue weighted by atomic mass is 32.2. The van der Waals surface area contributed by atoms with Crippen molar-refractivity contribution in [3.63, 3.8) is 0 Å². The molecule has 1 atom stereocenters. The van der Waals surface area contributed by atoms with Crippen LogP contribution in [-0.4, -0.2) is 30.5 Å². The van der Waals surface area contributed by atoms with Crippen molar-refractivity contribution >= 4 is 27.3 Å². The molecule has 2 aromatic heterocycles. The van der Waals surface area contributed by atoms with Crippen molar-refractivity contribution in [2.45, 2.75) is 18.9 Å². The predicted octanol–water partition coefficient (Wildman–Crippen LogP) is 1.89. The molecule has 0 bridgehead atoms. The maximum atomic E-state index is 14.3. The van der Waals surface area contributed by atoms with Crippen molar-refractivity contribution in [2.24, 2.45) is 5.14 Å². The number of nitrogens with two attached hydrogens (primary N) is 1. The van der Waals surface area contributed by atoms with E-state index in [4.69, 9.17) is 5.14 Å². The van der Waals surface area contributed by atoms with Crippen molar-refractivity contribution in [1.29, 1.82) is 0 Å². The molecule has 1 aliphatic heterocycles. The molecule has 11 heteroatoms. The van der Waals surface area contributed by atoms with Crippen LogP contribution in [0.3, 0.4) is 0 Å². The Morgan fingerprint density at radius 2 is 2.03 bits per heavy atom. The summed E-state index contributed by atoms with van der Waals surface area (Å²) in [7, 11) is -4.22. The topological polar surface area (TPSA) is 110 Å². The maximum absolute atomic E-state index is 14.3. The van der Waals surface area contributed by atoms with Crippen molar-refractivity contribution < 1.29 is 22.0 Å². The molecule has 8 nitrogen and oxygen atoms in total. The van der Waals surface area contributed by atoms with E-state index in [1.807, 2.05) is 4.90 Å². The van der Waals surface area contributed by atoms with Crippen LogP contribution in [0, 0.1) is 11.6 Å². The molecule has 0 aliphatic carbocycles. The number of hydrogen-bond acceptors (Lipinski definition) is 5. The van der Waals surface area contributed by atoms with Gasteiger partial charge in [0.2, 0.25) is 0 Å². The Labute approximate surface area is 165 Å². The minimum atomic E-state index is -4.22. The number of nitrogens with one attached hydrogen (secondary N) is 1. The number of nitrogens with zero attached hydrogens (tertiary/aromatic N) is 3. The Balaban J connectivity index is 1.73. The van der Waals surface area contributed by atoms with E-state index < -0.39 is 27.8 Å². The van der Waals surface area contributed by atoms with E-state index in [2.05, 4.69) is 5.10 Å². The maximum Gasteiger partial charge on any atom is 0.298 e. The van der Waals surface area contributed by atoms with Gasteiger partial charge in [0, 0.05) is 24.0 Å². The quantitative estimate of drug-likeness (QED) is 0.669. The Hall–Kier alpha value is -3.05. The lowest BCUT2D eigenvalue weighted by Crippen LogP contribution is -2.35. The minimum absolute atomic E-state index is 0.0218. The average Bonchev–Trinajstić information content (AvgIpc) is 3.28. The van der Waals surface area contributed by atoms with Gasteiger partial charge in [-0.05, 0) is 43.2 Å². The largest absolute Gasteiger partial charge is 0.364 e. The molecule has 1 aromatic carbocycles. The molecule has 29 heavy (non-hydrogen) atoms. The van der Waals surface area contributed by atoms with E-state index in [0.717, 1.165) is 18.6 Å². The van der Waals surface area contributed by atoms with Crippen LogP contribution in [0.1, 0.15) is 34.8 Å². The molecule has 152 valence electrons. The highest BCUT2D eigenvalue weighted by molar-refractivity contribution is 7.87. The number of anilines is 1. The third-order valence-electron chi connectivity index (χ3n) is 4.89. The van der Waals surface area contributed by atoms with E-state index in [-0.39, 0.29) is 17.2 Å². The number of hydrogen-bond donors (Lipinski definition) is 2. The zero-order chi connectivity index (χ0) is 20.8. The van der Waals surface area contributed by atoms with Crippen LogP contribution in [0.5, 0.6) is 0 Å². The monoisotopic (exact) mass is 421 g/mol. The van der Waals surface area contributed by atoms with Gasteiger partial charge >= 0.3 is 0 Å². The Bertz CT molecular complexity index is 1210. The zero-order valence-electron chi connectivity index (χ0n) is 15.0. The average molecular weight is 421 g/mol. The third-order valence-corrected chi connectivity index (χ3v) is 5.36. The molecule has 0 unspecified atom stereocenters. The zero-order valence-corrected chi connectivity index (χ0v) is 15.9. The summed E-state index contributed by atoms with van der Waals surface area (Å²) >= 11 is 0. The summed E-state index contributed by atoms with van der Waals surface area (Å²) in [5.41, 5.74) is 1.32. The molecule has 3 aromatic rings. The first-order chi connectivity index (χ1) is 13.7. The van der Waals surface area contributed by atoms with Gasteiger partial charge in [0.15, 0.2) is 0 Å². The molecule has 4 rings (SSSR count). The Morgan fingerprint density at radius 3 is 2.79 bits per heavy atom. The third kappa shape index (κ3) is 3.78. The fourth-order valence-electron chi connectivity index (χ4n) is 3.68. The molecule has 1 saturated heterocycles. The molecule has 3 N–H and O–H groups in total. The summed E-state index contributed by atoms with van der Waals surface area (Å²) in [5, 5.41) is 8.90. The number of aromatic nitrogens is 2. The van der Waals surface area contributed by atoms with Crippen LogP contribution in [0.4, 0.5) is 14.5 Å². The standard InChI is InChI=1S/C18H17F2N5O3S/c19-11-3-4-15(20)13(8-11)16-2-1-6-24(16)12-5-7-25-17(9-12)14(10-22-25)18(26)23-29(21,27)28/h3-5,7-10,16H,1-2,6H2,(H,23,26)(H2,21,27,28)/t16-/m1/s1. The van der Waals surface area contributed by atoms with Crippen LogP contribution in [-0.2, 0) is 10.2 Å². The van der Waals surface area contributed by atoms with E-state index in [9.17, 15) is 22.0 Å². The summed E-state index contributed by atoms with van der Waals surface area (Å²) in [6.07, 6.45) is 4.26. The number of carbonyl (C=O) groups excluding carboxylic acids is 1. The SMILES string of the molecule is NS(=O)(=O)NC(=O)c1cnn2ccc(N3CCC[C@@H]3c3cc(F)ccc3F)cc12. The van der Waals surface area contributed by atoms with Gasteiger partial charge in [-0.25, -0.2) is 23.2 Å². The second kappa shape index (κ2) is 7.08. The molecule has 1 amide bonds. The summed E-state index contributed by atoms with van der Waals surface area (Å²) < 4.78 is 53.4. The van der Waals surface area contributed by atoms with Gasteiger partial charge in [-0.3, -0.25) is 4.79 Å². The van der Waals surface area contributed by atoms with Crippen LogP contribution >= 0.6 is 0 Å². The van der Waals surface area contributed by atoms with Gasteiger partial charge in [0.25, 0.3) is 16.1 Å². The molecular weight excluding hydrogens is 404 g/mol. The number of halogens is 2. The van der Waals surface area contributed by atoms with E-state index >= 15 is 0 Å². The number of amides is 1. The van der Waals surface area contributed by atoms with Crippen molar-refractivity contribution in [3.8, 4) is 0 Å². The summed E-state index contributed by atoms with van der Waals surface area (Å²) in [6.45, 7) is 0.615. The summed E-state index contributed by atoms with van der Waals surface area (Å²) in [5.74, 6) is -1.91. The van der Waals surface area contributed by atoms with E-state index in [1.54, 1.807) is 23.1 Å². The molecule has 0 saturated carbocycles. The van der Waals surface area contributed by atoms with Gasteiger partial charge in [-0.1, -0.05) is 0 Å². The number of benzene rings is 1. The lowest BCUT2D eigenvalue weighted by atomic mass is 10.0. The first kappa shape index (κ1) is 19.3. The second-order valence-corrected chi connectivity index (χ2v) is 8.06. The molecule has 1 aliphatic rings. The number of fused-ring (bicyclic) bond motifs is 1. The van der Waals surface area contributed by atoms with Gasteiger partial charge in [-0.15, -0.1) is 0 Å². The Kier molecular flexibility index (Phi) is 4.71. The summed E-state index contributed by atoms with van der Waals surface area (Å²) in [6, 6.07) is 6.42. The van der Waals surface area contributed by atoms with Gasteiger partial charge in [-0.2, -0.15) is 13.5 Å². The second-order valence-electron chi connectivity index (χ2n) is 6.77. The van der Waals surface area contributed by atoms with Gasteiger partial charge < -0.3 is 4.90 Å². The van der Waals surface area contributed by atoms with Crippen molar-refractivity contribution in [2.75, 3.05) is 11.4 Å². The van der Waals surface area contributed by atoms with Crippen molar-refractivity contribution in [3.05, 3.63) is 65.5 Å². The van der Waals surface area contributed by atoms with E-state index in [0.29, 0.717) is 24.2 Å². The smallest absolute Gasteiger partial charge is 0.298 e. The fourth-order valence-corrected chi connectivity index (χ4v) is 4.04. The molecule has 1 fully saturated rings. The highest BCUT2D eigenvalue weighted by Crippen LogP contribution is 2.38. The Morgan fingerprint density at radius 1 is 1.24 bits per heavy atom. The van der Waals surface area contributed by atoms with Crippen LogP contribution in [0.25, 0.3) is 5.52 Å². The molecule has 3 heterocycles. The molecule has 0 radical (unpaired) electrons. The van der Waals surface area contributed by atoms with Crippen molar-refractivity contribution in [1.82, 2.24) is 14.3 Å². The first-order valence-corrected chi connectivity index (χ1v) is 10.3. The van der Waals surface area contributed by atoms with Gasteiger partial charge in [0.1, 0.15) is 11.6 Å². The lowest BCUT2D eigenvalue weighted by Gasteiger charge is -2.27. The lowest BCUT2D eigenvalue weighted by molar-refractivity contribution is 0.0983. The minimum Gasteiger partial charge on any atom is -0.364 e. The summed E-state index contributed by atoms with van der Waals surface area (Å²) in [4.78, 5) is 14.1. The van der Waals surface area contributed by atoms with Crippen LogP contribution < -0.4 is 14.8 Å². The van der Waals surface area contributed by atoms with Crippen LogP contribution in [0.2, 0.25) is 0 Å². The van der Waals surface area contributed by atoms with Crippen LogP contribution in [0.15, 0.2) is 42.7 Å². The number of rotatable bonds is 4. The normalized spacial score (nSPS) is 17.1. The molecular formula is C18H17F2N5O3S. The van der Waals surface area contributed by atoms with Gasteiger partial charge in [0.05, 0.1) is 23.3 Å². The first-order valence-electron chi connectivity index (χ1n) is 8.77. The number of carbonyl (C=O) groups is 1. The number of pyridine rings is 1.